The second-order valence-corrected chi connectivity index (χ2v) is 8.45. The Morgan fingerprint density at radius 1 is 1.03 bits per heavy atom. The number of hydrogen-bond donors (Lipinski definition) is 2. The standard InChI is InChI=1S/C22H35N5O4/c1-3-5-13-26-20-19(25(12-4-2)17(15-28)24-20)21(30)27(22(26)31)14-18(29)23-16-10-8-6-7-9-11-16/h16,28H,3-15H2,1-2H3,(H,23,29). The van der Waals surface area contributed by atoms with E-state index < -0.39 is 11.2 Å². The lowest BCUT2D eigenvalue weighted by Crippen LogP contribution is -2.46. The zero-order valence-electron chi connectivity index (χ0n) is 18.7. The molecule has 2 N–H and O–H groups in total. The van der Waals surface area contributed by atoms with Gasteiger partial charge < -0.3 is 15.0 Å². The number of fused-ring (bicyclic) bond motifs is 1. The number of amides is 1. The molecular weight excluding hydrogens is 398 g/mol. The number of aliphatic hydroxyl groups excluding tert-OH is 1. The summed E-state index contributed by atoms with van der Waals surface area (Å²) in [5.41, 5.74) is -0.470. The highest BCUT2D eigenvalue weighted by Gasteiger charge is 2.23. The van der Waals surface area contributed by atoms with Gasteiger partial charge in [0.15, 0.2) is 11.2 Å². The predicted molar refractivity (Wildman–Crippen MR) is 119 cm³/mol. The number of carbonyl (C=O) groups is 1. The van der Waals surface area contributed by atoms with Gasteiger partial charge in [-0.1, -0.05) is 46.0 Å². The van der Waals surface area contributed by atoms with Gasteiger partial charge in [-0.05, 0) is 25.7 Å². The average molecular weight is 434 g/mol. The quantitative estimate of drug-likeness (QED) is 0.587. The number of aryl methyl sites for hydroxylation is 2. The SMILES string of the molecule is CCCCn1c(=O)n(CC(=O)NC2CCCCCC2)c(=O)c2c1nc(CO)n2CCC. The monoisotopic (exact) mass is 433 g/mol. The highest BCUT2D eigenvalue weighted by atomic mass is 16.3. The summed E-state index contributed by atoms with van der Waals surface area (Å²) in [6.45, 7) is 4.28. The van der Waals surface area contributed by atoms with Crippen LogP contribution in [0.25, 0.3) is 11.2 Å². The highest BCUT2D eigenvalue weighted by Crippen LogP contribution is 2.17. The van der Waals surface area contributed by atoms with Crippen LogP contribution in [-0.4, -0.2) is 35.7 Å². The molecule has 9 nitrogen and oxygen atoms in total. The van der Waals surface area contributed by atoms with E-state index in [2.05, 4.69) is 10.3 Å². The Morgan fingerprint density at radius 2 is 1.74 bits per heavy atom. The lowest BCUT2D eigenvalue weighted by atomic mass is 10.1. The lowest BCUT2D eigenvalue weighted by Gasteiger charge is -2.17. The summed E-state index contributed by atoms with van der Waals surface area (Å²) in [7, 11) is 0. The third-order valence-corrected chi connectivity index (χ3v) is 6.04. The van der Waals surface area contributed by atoms with Crippen LogP contribution in [0.2, 0.25) is 0 Å². The van der Waals surface area contributed by atoms with Crippen LogP contribution < -0.4 is 16.6 Å². The molecule has 0 unspecified atom stereocenters. The molecular formula is C22H35N5O4. The molecule has 0 saturated heterocycles. The van der Waals surface area contributed by atoms with Crippen molar-refractivity contribution in [3.8, 4) is 0 Å². The Bertz CT molecular complexity index is 1010. The van der Waals surface area contributed by atoms with Gasteiger partial charge >= 0.3 is 5.69 Å². The van der Waals surface area contributed by atoms with Crippen molar-refractivity contribution >= 4 is 17.1 Å². The minimum absolute atomic E-state index is 0.100. The second-order valence-electron chi connectivity index (χ2n) is 8.45. The summed E-state index contributed by atoms with van der Waals surface area (Å²) in [5, 5.41) is 12.8. The second kappa shape index (κ2) is 10.7. The number of aromatic nitrogens is 4. The van der Waals surface area contributed by atoms with Crippen molar-refractivity contribution in [1.82, 2.24) is 24.0 Å². The van der Waals surface area contributed by atoms with Crippen LogP contribution >= 0.6 is 0 Å². The van der Waals surface area contributed by atoms with Crippen molar-refractivity contribution in [3.05, 3.63) is 26.7 Å². The van der Waals surface area contributed by atoms with E-state index in [1.165, 1.54) is 17.4 Å². The first-order valence-corrected chi connectivity index (χ1v) is 11.6. The Labute approximate surface area is 182 Å². The fourth-order valence-electron chi connectivity index (χ4n) is 4.42. The highest BCUT2D eigenvalue weighted by molar-refractivity contribution is 5.77. The minimum atomic E-state index is -0.524. The van der Waals surface area contributed by atoms with Crippen molar-refractivity contribution in [2.45, 2.75) is 104 Å². The third-order valence-electron chi connectivity index (χ3n) is 6.04. The summed E-state index contributed by atoms with van der Waals surface area (Å²) in [6.07, 6.45) is 8.76. The average Bonchev–Trinajstić information content (AvgIpc) is 2.92. The van der Waals surface area contributed by atoms with E-state index in [1.54, 1.807) is 4.57 Å². The molecule has 2 heterocycles. The van der Waals surface area contributed by atoms with Gasteiger partial charge in [-0.25, -0.2) is 14.3 Å². The summed E-state index contributed by atoms with van der Waals surface area (Å²) >= 11 is 0. The molecule has 0 radical (unpaired) electrons. The lowest BCUT2D eigenvalue weighted by molar-refractivity contribution is -0.122. The first kappa shape index (κ1) is 23.2. The molecule has 9 heteroatoms. The topological polar surface area (TPSA) is 111 Å². The third kappa shape index (κ3) is 5.08. The zero-order valence-corrected chi connectivity index (χ0v) is 18.7. The number of aliphatic hydroxyl groups is 1. The van der Waals surface area contributed by atoms with Gasteiger partial charge in [-0.2, -0.15) is 0 Å². The van der Waals surface area contributed by atoms with Gasteiger partial charge in [-0.3, -0.25) is 14.2 Å². The maximum absolute atomic E-state index is 13.3. The number of imidazole rings is 1. The molecule has 2 aromatic rings. The Kier molecular flexibility index (Phi) is 8.06. The Hall–Kier alpha value is -2.42. The normalized spacial score (nSPS) is 15.3. The van der Waals surface area contributed by atoms with Crippen molar-refractivity contribution in [2.75, 3.05) is 0 Å². The van der Waals surface area contributed by atoms with Crippen LogP contribution in [0.1, 0.15) is 77.5 Å². The van der Waals surface area contributed by atoms with Crippen molar-refractivity contribution in [2.24, 2.45) is 0 Å². The first-order chi connectivity index (χ1) is 15.0. The summed E-state index contributed by atoms with van der Waals surface area (Å²) in [5.74, 6) is 0.0516. The number of hydrogen-bond acceptors (Lipinski definition) is 5. The molecule has 0 aromatic carbocycles. The number of nitrogens with zero attached hydrogens (tertiary/aromatic N) is 4. The van der Waals surface area contributed by atoms with E-state index in [1.807, 2.05) is 13.8 Å². The summed E-state index contributed by atoms with van der Waals surface area (Å²) in [4.78, 5) is 43.7. The molecule has 1 aliphatic rings. The van der Waals surface area contributed by atoms with E-state index >= 15 is 0 Å². The van der Waals surface area contributed by atoms with E-state index in [0.717, 1.165) is 49.5 Å². The van der Waals surface area contributed by atoms with Crippen LogP contribution in [0.5, 0.6) is 0 Å². The van der Waals surface area contributed by atoms with Gasteiger partial charge in [-0.15, -0.1) is 0 Å². The van der Waals surface area contributed by atoms with E-state index in [-0.39, 0.29) is 30.6 Å². The molecule has 1 aliphatic carbocycles. The van der Waals surface area contributed by atoms with Crippen molar-refractivity contribution < 1.29 is 9.90 Å². The van der Waals surface area contributed by atoms with Crippen LogP contribution in [0, 0.1) is 0 Å². The summed E-state index contributed by atoms with van der Waals surface area (Å²) in [6, 6.07) is 0.100. The van der Waals surface area contributed by atoms with E-state index in [9.17, 15) is 19.5 Å². The Morgan fingerprint density at radius 3 is 2.35 bits per heavy atom. The summed E-state index contributed by atoms with van der Waals surface area (Å²) < 4.78 is 4.18. The van der Waals surface area contributed by atoms with Gasteiger partial charge in [0.1, 0.15) is 19.0 Å². The number of nitrogens with one attached hydrogen (secondary N) is 1. The molecule has 3 rings (SSSR count). The molecule has 0 spiro atoms. The van der Waals surface area contributed by atoms with Crippen molar-refractivity contribution in [3.63, 3.8) is 0 Å². The molecule has 1 amide bonds. The van der Waals surface area contributed by atoms with E-state index in [0.29, 0.717) is 24.6 Å². The molecule has 1 saturated carbocycles. The fraction of sp³-hybridized carbons (Fsp3) is 0.727. The van der Waals surface area contributed by atoms with E-state index in [4.69, 9.17) is 0 Å². The van der Waals surface area contributed by atoms with Crippen LogP contribution in [0.3, 0.4) is 0 Å². The Balaban J connectivity index is 2.03. The van der Waals surface area contributed by atoms with Gasteiger partial charge in [0.2, 0.25) is 5.91 Å². The van der Waals surface area contributed by atoms with Crippen LogP contribution in [0.15, 0.2) is 9.59 Å². The number of unbranched alkanes of at least 4 members (excludes halogenated alkanes) is 1. The molecule has 0 bridgehead atoms. The molecule has 0 aliphatic heterocycles. The smallest absolute Gasteiger partial charge is 0.333 e. The predicted octanol–water partition coefficient (Wildman–Crippen LogP) is 1.90. The molecule has 2 aromatic heterocycles. The number of rotatable bonds is 9. The first-order valence-electron chi connectivity index (χ1n) is 11.6. The maximum Gasteiger partial charge on any atom is 0.333 e. The maximum atomic E-state index is 13.3. The molecule has 172 valence electrons. The largest absolute Gasteiger partial charge is 0.388 e. The van der Waals surface area contributed by atoms with Gasteiger partial charge in [0.25, 0.3) is 5.56 Å². The van der Waals surface area contributed by atoms with Crippen molar-refractivity contribution in [1.29, 1.82) is 0 Å². The zero-order chi connectivity index (χ0) is 22.4. The van der Waals surface area contributed by atoms with Crippen LogP contribution in [-0.2, 0) is 31.0 Å². The minimum Gasteiger partial charge on any atom is -0.388 e. The van der Waals surface area contributed by atoms with Gasteiger partial charge in [0, 0.05) is 19.1 Å². The number of carbonyl (C=O) groups excluding carboxylic acids is 1. The fourth-order valence-corrected chi connectivity index (χ4v) is 4.42. The molecule has 1 fully saturated rings. The molecule has 31 heavy (non-hydrogen) atoms. The molecule has 0 atom stereocenters. The van der Waals surface area contributed by atoms with Crippen LogP contribution in [0.4, 0.5) is 0 Å². The van der Waals surface area contributed by atoms with Gasteiger partial charge in [0.05, 0.1) is 0 Å².